The molecule has 0 radical (unpaired) electrons. The number of carbonyl (C=O) groups is 1. The van der Waals surface area contributed by atoms with Gasteiger partial charge in [-0.1, -0.05) is 6.07 Å². The van der Waals surface area contributed by atoms with Crippen molar-refractivity contribution in [1.82, 2.24) is 19.1 Å². The number of nitrogens with two attached hydrogens (primary N) is 2. The van der Waals surface area contributed by atoms with Crippen molar-refractivity contribution in [1.29, 1.82) is 0 Å². The molecule has 5 N–H and O–H groups in total. The van der Waals surface area contributed by atoms with Gasteiger partial charge >= 0.3 is 6.18 Å². The van der Waals surface area contributed by atoms with Crippen LogP contribution in [0.1, 0.15) is 27.2 Å². The van der Waals surface area contributed by atoms with Gasteiger partial charge in [0.25, 0.3) is 5.91 Å². The summed E-state index contributed by atoms with van der Waals surface area (Å²) in [6.45, 7) is 3.30. The number of nitrogen functional groups attached to an aromatic ring is 1. The Labute approximate surface area is 167 Å². The van der Waals surface area contributed by atoms with Gasteiger partial charge in [0.1, 0.15) is 17.1 Å². The Morgan fingerprint density at radius 3 is 2.50 bits per heavy atom. The lowest BCUT2D eigenvalue weighted by atomic mass is 10.1. The fourth-order valence-electron chi connectivity index (χ4n) is 3.79. The summed E-state index contributed by atoms with van der Waals surface area (Å²) >= 11 is 0. The molecule has 1 aromatic carbocycles. The number of aromatic nitrogens is 4. The number of carbonyl (C=O) groups excluding carboxylic acids is 1. The average Bonchev–Trinajstić information content (AvgIpc) is 3.15. The molecule has 0 fully saturated rings. The van der Waals surface area contributed by atoms with Crippen molar-refractivity contribution >= 4 is 33.8 Å². The molecule has 0 saturated heterocycles. The number of aromatic hydroxyl groups is 1. The predicted octanol–water partition coefficient (Wildman–Crippen LogP) is 2.93. The lowest BCUT2D eigenvalue weighted by molar-refractivity contribution is -0.139. The Morgan fingerprint density at radius 2 is 1.90 bits per heavy atom. The normalized spacial score (nSPS) is 12.2. The summed E-state index contributed by atoms with van der Waals surface area (Å²) in [5, 5.41) is 9.68. The minimum atomic E-state index is -4.89. The van der Waals surface area contributed by atoms with Gasteiger partial charge in [-0.05, 0) is 25.5 Å². The number of halogens is 3. The summed E-state index contributed by atoms with van der Waals surface area (Å²) in [4.78, 5) is 20.1. The largest absolute Gasteiger partial charge is 0.508 e. The van der Waals surface area contributed by atoms with Gasteiger partial charge in [0.05, 0.1) is 23.1 Å². The van der Waals surface area contributed by atoms with Gasteiger partial charge in [0, 0.05) is 18.0 Å². The molecule has 30 heavy (non-hydrogen) atoms. The molecule has 0 aliphatic rings. The molecule has 8 nitrogen and oxygen atoms in total. The first-order valence-electron chi connectivity index (χ1n) is 8.76. The zero-order chi connectivity index (χ0) is 22.1. The molecule has 0 atom stereocenters. The topological polar surface area (TPSA) is 125 Å². The molecule has 1 amide bonds. The number of phenolic OH excluding ortho intramolecular Hbond substituents is 1. The highest BCUT2D eigenvalue weighted by atomic mass is 19.4. The molecule has 4 aromatic rings. The van der Waals surface area contributed by atoms with Gasteiger partial charge < -0.3 is 21.1 Å². The molecule has 4 rings (SSSR count). The van der Waals surface area contributed by atoms with Gasteiger partial charge in [-0.25, -0.2) is 9.97 Å². The van der Waals surface area contributed by atoms with E-state index in [1.54, 1.807) is 19.9 Å². The highest BCUT2D eigenvalue weighted by Crippen LogP contribution is 2.43. The van der Waals surface area contributed by atoms with Crippen LogP contribution in [0.25, 0.3) is 27.8 Å². The van der Waals surface area contributed by atoms with E-state index in [9.17, 15) is 23.1 Å². The molecule has 0 bridgehead atoms. The smallest absolute Gasteiger partial charge is 0.434 e. The summed E-state index contributed by atoms with van der Waals surface area (Å²) in [5.41, 5.74) is 11.2. The number of phenols is 1. The quantitative estimate of drug-likeness (QED) is 0.462. The van der Waals surface area contributed by atoms with Gasteiger partial charge in [-0.15, -0.1) is 0 Å². The Bertz CT molecular complexity index is 1370. The van der Waals surface area contributed by atoms with Gasteiger partial charge in [-0.2, -0.15) is 13.2 Å². The average molecular weight is 418 g/mol. The number of imidazole rings is 1. The number of primary amides is 1. The maximum Gasteiger partial charge on any atom is 0.434 e. The highest BCUT2D eigenvalue weighted by molar-refractivity contribution is 6.17. The van der Waals surface area contributed by atoms with Crippen molar-refractivity contribution < 1.29 is 23.1 Å². The van der Waals surface area contributed by atoms with E-state index in [4.69, 9.17) is 11.5 Å². The molecule has 156 valence electrons. The predicted molar refractivity (Wildman–Crippen MR) is 104 cm³/mol. The molecule has 3 heterocycles. The monoisotopic (exact) mass is 418 g/mol. The number of hydrogen-bond donors (Lipinski definition) is 3. The summed E-state index contributed by atoms with van der Waals surface area (Å²) in [6.07, 6.45) is -3.57. The fourth-order valence-corrected chi connectivity index (χ4v) is 3.79. The van der Waals surface area contributed by atoms with Gasteiger partial charge in [-0.3, -0.25) is 9.36 Å². The number of nitrogens with zero attached hydrogens (tertiary/aromatic N) is 4. The van der Waals surface area contributed by atoms with Crippen molar-refractivity contribution in [2.75, 3.05) is 5.73 Å². The number of benzene rings is 1. The van der Waals surface area contributed by atoms with Crippen LogP contribution in [0, 0.1) is 13.8 Å². The Balaban J connectivity index is 2.38. The van der Waals surface area contributed by atoms with Crippen LogP contribution in [0.2, 0.25) is 0 Å². The van der Waals surface area contributed by atoms with E-state index in [0.29, 0.717) is 16.8 Å². The van der Waals surface area contributed by atoms with Crippen LogP contribution in [0.4, 0.5) is 19.0 Å². The maximum absolute atomic E-state index is 14.0. The molecule has 3 aromatic heterocycles. The van der Waals surface area contributed by atoms with Crippen LogP contribution in [0.15, 0.2) is 18.5 Å². The highest BCUT2D eigenvalue weighted by Gasteiger charge is 2.40. The van der Waals surface area contributed by atoms with Crippen molar-refractivity contribution in [3.8, 4) is 11.4 Å². The van der Waals surface area contributed by atoms with Crippen molar-refractivity contribution in [2.24, 2.45) is 12.8 Å². The van der Waals surface area contributed by atoms with Gasteiger partial charge in [0.15, 0.2) is 11.3 Å². The van der Waals surface area contributed by atoms with E-state index < -0.39 is 28.7 Å². The third-order valence-electron chi connectivity index (χ3n) is 5.13. The Hall–Kier alpha value is -3.76. The molecular weight excluding hydrogens is 401 g/mol. The second-order valence-corrected chi connectivity index (χ2v) is 7.04. The minimum Gasteiger partial charge on any atom is -0.508 e. The van der Waals surface area contributed by atoms with E-state index in [1.807, 2.05) is 0 Å². The molecule has 0 saturated carbocycles. The number of rotatable bonds is 2. The molecule has 0 aliphatic carbocycles. The molecule has 0 aliphatic heterocycles. The number of alkyl halides is 3. The lowest BCUT2D eigenvalue weighted by Crippen LogP contribution is -2.16. The first-order valence-corrected chi connectivity index (χ1v) is 8.76. The van der Waals surface area contributed by atoms with E-state index in [-0.39, 0.29) is 28.2 Å². The van der Waals surface area contributed by atoms with Gasteiger partial charge in [0.2, 0.25) is 0 Å². The second kappa shape index (κ2) is 6.12. The van der Waals surface area contributed by atoms with Crippen molar-refractivity contribution in [2.45, 2.75) is 20.0 Å². The number of amides is 1. The molecular formula is C19H17F3N6O2. The van der Waals surface area contributed by atoms with Crippen LogP contribution in [-0.2, 0) is 13.2 Å². The van der Waals surface area contributed by atoms with E-state index in [1.165, 1.54) is 28.6 Å². The zero-order valence-electron chi connectivity index (χ0n) is 16.2. The minimum absolute atomic E-state index is 0.0416. The fraction of sp³-hybridized carbons (Fsp3) is 0.211. The number of anilines is 1. The summed E-state index contributed by atoms with van der Waals surface area (Å²) in [7, 11) is 1.50. The van der Waals surface area contributed by atoms with Crippen molar-refractivity contribution in [3.05, 3.63) is 40.8 Å². The Kier molecular flexibility index (Phi) is 3.99. The number of aryl methyl sites for hydroxylation is 2. The maximum atomic E-state index is 14.0. The van der Waals surface area contributed by atoms with Crippen LogP contribution in [-0.4, -0.2) is 30.1 Å². The molecule has 0 unspecified atom stereocenters. The number of fused-ring (bicyclic) bond motifs is 3. The second-order valence-electron chi connectivity index (χ2n) is 7.04. The van der Waals surface area contributed by atoms with Crippen molar-refractivity contribution in [3.63, 3.8) is 0 Å². The van der Waals surface area contributed by atoms with Crippen LogP contribution >= 0.6 is 0 Å². The van der Waals surface area contributed by atoms with E-state index >= 15 is 0 Å². The summed E-state index contributed by atoms with van der Waals surface area (Å²) in [5.74, 6) is -1.51. The Morgan fingerprint density at radius 1 is 1.23 bits per heavy atom. The molecule has 0 spiro atoms. The first kappa shape index (κ1) is 19.6. The summed E-state index contributed by atoms with van der Waals surface area (Å²) < 4.78 is 44.5. The standard InChI is InChI=1S/C19H17F3N6O2/c1-7-4-5-9(29)8(2)13(7)28-14-10(11(16(28)23)17(24)30)15(19(20,21)22)26-18-12(14)25-6-27(18)3/h4-6,29H,23H2,1-3H3,(H2,24,30). The van der Waals surface area contributed by atoms with Crippen LogP contribution < -0.4 is 11.5 Å². The third kappa shape index (κ3) is 2.51. The van der Waals surface area contributed by atoms with E-state index in [0.717, 1.165) is 0 Å². The van der Waals surface area contributed by atoms with Crippen LogP contribution in [0.5, 0.6) is 5.75 Å². The number of pyridine rings is 1. The van der Waals surface area contributed by atoms with E-state index in [2.05, 4.69) is 9.97 Å². The zero-order valence-corrected chi connectivity index (χ0v) is 16.2. The number of hydrogen-bond acceptors (Lipinski definition) is 5. The third-order valence-corrected chi connectivity index (χ3v) is 5.13. The lowest BCUT2D eigenvalue weighted by Gasteiger charge is -2.16. The molecule has 11 heteroatoms. The van der Waals surface area contributed by atoms with Crippen LogP contribution in [0.3, 0.4) is 0 Å². The SMILES string of the molecule is Cc1ccc(O)c(C)c1-n1c(N)c(C(N)=O)c2c(C(F)(F)F)nc3c(ncn3C)c21. The summed E-state index contributed by atoms with van der Waals surface area (Å²) in [6, 6.07) is 3.05. The first-order chi connectivity index (χ1) is 13.9.